The molecule has 1 unspecified atom stereocenters. The second kappa shape index (κ2) is 56.1. The largest absolute Gasteiger partial charge is 0.461 e. The van der Waals surface area contributed by atoms with Gasteiger partial charge in [0.2, 0.25) is 0 Å². The van der Waals surface area contributed by atoms with Gasteiger partial charge in [0.05, 0.1) is 13.0 Å². The molecule has 0 bridgehead atoms. The van der Waals surface area contributed by atoms with Gasteiger partial charge in [0, 0.05) is 13.0 Å². The fraction of sp³-hybridized carbons (Fsp3) is 0.705. The third kappa shape index (κ3) is 53.4. The van der Waals surface area contributed by atoms with E-state index in [4.69, 9.17) is 14.2 Å². The average Bonchev–Trinajstić information content (AvgIpc) is 3.32. The number of esters is 2. The molecule has 1 atom stereocenters. The van der Waals surface area contributed by atoms with Crippen molar-refractivity contribution in [2.24, 2.45) is 0 Å². The highest BCUT2D eigenvalue weighted by Gasteiger charge is 2.17. The fourth-order valence-corrected chi connectivity index (χ4v) is 7.60. The third-order valence-electron chi connectivity index (χ3n) is 11.6. The molecule has 0 saturated heterocycles. The van der Waals surface area contributed by atoms with Crippen molar-refractivity contribution < 1.29 is 23.8 Å². The lowest BCUT2D eigenvalue weighted by Gasteiger charge is -2.18. The second-order valence-electron chi connectivity index (χ2n) is 18.1. The first-order valence-electron chi connectivity index (χ1n) is 27.8. The van der Waals surface area contributed by atoms with Gasteiger partial charge in [-0.25, -0.2) is 0 Å². The molecule has 66 heavy (non-hydrogen) atoms. The summed E-state index contributed by atoms with van der Waals surface area (Å²) >= 11 is 0. The van der Waals surface area contributed by atoms with Gasteiger partial charge in [-0.1, -0.05) is 259 Å². The summed E-state index contributed by atoms with van der Waals surface area (Å²) in [7, 11) is 0. The lowest BCUT2D eigenvalue weighted by Crippen LogP contribution is -2.30. The first-order valence-corrected chi connectivity index (χ1v) is 27.8. The Morgan fingerprint density at radius 1 is 0.364 bits per heavy atom. The average molecular weight is 917 g/mol. The zero-order valence-corrected chi connectivity index (χ0v) is 43.4. The molecule has 0 rings (SSSR count). The van der Waals surface area contributed by atoms with E-state index in [0.29, 0.717) is 13.0 Å². The van der Waals surface area contributed by atoms with Gasteiger partial charge in [-0.05, 0) is 77.0 Å². The smallest absolute Gasteiger partial charge is 0.309 e. The molecule has 0 amide bonds. The molecule has 0 heterocycles. The van der Waals surface area contributed by atoms with E-state index < -0.39 is 6.10 Å². The summed E-state index contributed by atoms with van der Waals surface area (Å²) in [6.45, 7) is 7.50. The highest BCUT2D eigenvalue weighted by atomic mass is 16.6. The predicted molar refractivity (Wildman–Crippen MR) is 288 cm³/mol. The van der Waals surface area contributed by atoms with E-state index in [-0.39, 0.29) is 31.6 Å². The van der Waals surface area contributed by atoms with Gasteiger partial charge in [0.1, 0.15) is 6.61 Å². The van der Waals surface area contributed by atoms with E-state index >= 15 is 0 Å². The Bertz CT molecular complexity index is 1270. The third-order valence-corrected chi connectivity index (χ3v) is 11.6. The minimum atomic E-state index is -0.589. The van der Waals surface area contributed by atoms with E-state index in [1.54, 1.807) is 0 Å². The standard InChI is InChI=1S/C61H104O5/c1-4-7-10-13-16-19-22-25-28-29-30-31-32-35-38-41-44-47-50-53-56-64-57-59(66-61(63)55-52-49-46-43-40-37-34-27-24-21-18-15-12-9-6-3)58-65-60(62)54-51-48-45-42-39-36-33-26-23-20-17-14-11-8-5-2/h8-9,11-12,17-18,20-21,26-27,33-34,39,42,48,51,59H,4-7,10,13-16,19,22-25,28-32,35-38,40-41,43-47,49-50,52-58H2,1-3H3/b11-8-,12-9-,20-17-,21-18-,33-26-,34-27-,42-39-,51-48-. The summed E-state index contributed by atoms with van der Waals surface area (Å²) < 4.78 is 17.3. The van der Waals surface area contributed by atoms with E-state index in [2.05, 4.69) is 106 Å². The number of allylic oxidation sites excluding steroid dienone is 15. The van der Waals surface area contributed by atoms with E-state index in [0.717, 1.165) is 89.9 Å². The summed E-state index contributed by atoms with van der Waals surface area (Å²) in [5.41, 5.74) is 0. The van der Waals surface area contributed by atoms with Gasteiger partial charge in [0.25, 0.3) is 0 Å². The Kier molecular flexibility index (Phi) is 53.4. The van der Waals surface area contributed by atoms with Crippen molar-refractivity contribution in [1.82, 2.24) is 0 Å². The van der Waals surface area contributed by atoms with Crippen LogP contribution in [-0.2, 0) is 23.8 Å². The van der Waals surface area contributed by atoms with E-state index in [1.165, 1.54) is 128 Å². The molecule has 0 radical (unpaired) electrons. The summed E-state index contributed by atoms with van der Waals surface area (Å²) in [6, 6.07) is 0. The number of hydrogen-bond donors (Lipinski definition) is 0. The number of ether oxygens (including phenoxy) is 3. The van der Waals surface area contributed by atoms with Gasteiger partial charge in [0.15, 0.2) is 6.10 Å². The number of carbonyl (C=O) groups excluding carboxylic acids is 2. The summed E-state index contributed by atoms with van der Waals surface area (Å²) in [4.78, 5) is 25.4. The van der Waals surface area contributed by atoms with Crippen molar-refractivity contribution in [2.75, 3.05) is 19.8 Å². The topological polar surface area (TPSA) is 61.8 Å². The maximum Gasteiger partial charge on any atom is 0.309 e. The Morgan fingerprint density at radius 2 is 0.727 bits per heavy atom. The Morgan fingerprint density at radius 3 is 1.17 bits per heavy atom. The van der Waals surface area contributed by atoms with Crippen LogP contribution < -0.4 is 0 Å². The van der Waals surface area contributed by atoms with Crippen molar-refractivity contribution >= 4 is 11.9 Å². The second-order valence-corrected chi connectivity index (χ2v) is 18.1. The van der Waals surface area contributed by atoms with Crippen LogP contribution in [-0.4, -0.2) is 37.9 Å². The molecule has 0 aromatic carbocycles. The maximum absolute atomic E-state index is 12.8. The van der Waals surface area contributed by atoms with Crippen molar-refractivity contribution in [1.29, 1.82) is 0 Å². The molecule has 5 nitrogen and oxygen atoms in total. The zero-order valence-electron chi connectivity index (χ0n) is 43.4. The summed E-state index contributed by atoms with van der Waals surface area (Å²) in [5, 5.41) is 0. The number of hydrogen-bond acceptors (Lipinski definition) is 5. The molecule has 0 fully saturated rings. The lowest BCUT2D eigenvalue weighted by atomic mass is 10.0. The van der Waals surface area contributed by atoms with Crippen LogP contribution in [0.15, 0.2) is 97.2 Å². The molecule has 0 aromatic heterocycles. The van der Waals surface area contributed by atoms with E-state index in [9.17, 15) is 9.59 Å². The van der Waals surface area contributed by atoms with Crippen molar-refractivity contribution in [3.63, 3.8) is 0 Å². The number of carbonyl (C=O) groups is 2. The van der Waals surface area contributed by atoms with Crippen molar-refractivity contribution in [2.45, 2.75) is 258 Å². The highest BCUT2D eigenvalue weighted by Crippen LogP contribution is 2.16. The van der Waals surface area contributed by atoms with Crippen LogP contribution in [0.5, 0.6) is 0 Å². The predicted octanol–water partition coefficient (Wildman–Crippen LogP) is 19.0. The molecule has 5 heteroatoms. The van der Waals surface area contributed by atoms with Crippen LogP contribution in [0, 0.1) is 0 Å². The summed E-state index contributed by atoms with van der Waals surface area (Å²) in [5.74, 6) is -0.560. The monoisotopic (exact) mass is 917 g/mol. The first kappa shape index (κ1) is 62.8. The highest BCUT2D eigenvalue weighted by molar-refractivity contribution is 5.71. The molecule has 378 valence electrons. The van der Waals surface area contributed by atoms with Crippen LogP contribution in [0.1, 0.15) is 252 Å². The molecule has 0 N–H and O–H groups in total. The molecule has 0 spiro atoms. The van der Waals surface area contributed by atoms with Crippen LogP contribution in [0.4, 0.5) is 0 Å². The minimum Gasteiger partial charge on any atom is -0.461 e. The van der Waals surface area contributed by atoms with Gasteiger partial charge in [-0.2, -0.15) is 0 Å². The number of unbranched alkanes of at least 4 members (excludes halogenated alkanes) is 24. The van der Waals surface area contributed by atoms with Gasteiger partial charge >= 0.3 is 11.9 Å². The first-order chi connectivity index (χ1) is 32.6. The maximum atomic E-state index is 12.8. The fourth-order valence-electron chi connectivity index (χ4n) is 7.60. The zero-order chi connectivity index (χ0) is 47.7. The summed E-state index contributed by atoms with van der Waals surface area (Å²) in [6.07, 6.45) is 76.0. The van der Waals surface area contributed by atoms with Crippen LogP contribution in [0.25, 0.3) is 0 Å². The van der Waals surface area contributed by atoms with Crippen LogP contribution in [0.3, 0.4) is 0 Å². The Hall–Kier alpha value is -3.18. The molecular weight excluding hydrogens is 813 g/mol. The molecular formula is C61H104O5. The van der Waals surface area contributed by atoms with Gasteiger partial charge < -0.3 is 14.2 Å². The minimum absolute atomic E-state index is 0.0216. The Balaban J connectivity index is 4.36. The van der Waals surface area contributed by atoms with Crippen molar-refractivity contribution in [3.8, 4) is 0 Å². The molecule has 0 aliphatic heterocycles. The molecule has 0 aromatic rings. The normalized spacial score (nSPS) is 13.0. The quantitative estimate of drug-likeness (QED) is 0.0346. The molecule has 0 aliphatic rings. The van der Waals surface area contributed by atoms with Gasteiger partial charge in [-0.15, -0.1) is 0 Å². The Labute approximate surface area is 409 Å². The molecule has 0 saturated carbocycles. The number of rotatable bonds is 50. The van der Waals surface area contributed by atoms with Gasteiger partial charge in [-0.3, -0.25) is 9.59 Å². The lowest BCUT2D eigenvalue weighted by molar-refractivity contribution is -0.162. The van der Waals surface area contributed by atoms with Crippen LogP contribution in [0.2, 0.25) is 0 Å². The van der Waals surface area contributed by atoms with E-state index in [1.807, 2.05) is 12.2 Å². The molecule has 0 aliphatic carbocycles. The van der Waals surface area contributed by atoms with Crippen LogP contribution >= 0.6 is 0 Å². The SMILES string of the molecule is CC/C=C\C/C=C\C/C=C\C/C=C\C/C=C\CC(=O)OCC(COCCCCCCCCCCCCCCCCCCCCCC)OC(=O)CCCCCCC/C=C\C/C=C\C/C=C\CC. The van der Waals surface area contributed by atoms with Crippen molar-refractivity contribution in [3.05, 3.63) is 97.2 Å².